The number of carbonyl (C=O) groups excluding carboxylic acids is 5. The van der Waals surface area contributed by atoms with E-state index in [0.717, 1.165) is 75.3 Å². The highest BCUT2D eigenvalue weighted by Gasteiger charge is 2.27. The Bertz CT molecular complexity index is 2450. The van der Waals surface area contributed by atoms with Gasteiger partial charge in [-0.05, 0) is 144 Å². The highest BCUT2D eigenvalue weighted by Crippen LogP contribution is 2.29. The number of esters is 2. The van der Waals surface area contributed by atoms with E-state index >= 15 is 0 Å². The van der Waals surface area contributed by atoms with Crippen LogP contribution in [0.3, 0.4) is 0 Å². The van der Waals surface area contributed by atoms with Crippen molar-refractivity contribution >= 4 is 66.0 Å². The molecule has 0 radical (unpaired) electrons. The number of carbonyl (C=O) groups is 5. The van der Waals surface area contributed by atoms with Crippen LogP contribution in [0.25, 0.3) is 22.3 Å². The van der Waals surface area contributed by atoms with Crippen LogP contribution >= 0.6 is 35.6 Å². The molecular weight excluding hydrogens is 1020 g/mol. The van der Waals surface area contributed by atoms with Crippen LogP contribution in [0.1, 0.15) is 123 Å². The Morgan fingerprint density at radius 3 is 1.43 bits per heavy atom. The fourth-order valence-corrected chi connectivity index (χ4v) is 8.62. The molecule has 6 rings (SSSR count). The number of hydrogen-bond donors (Lipinski definition) is 2. The summed E-state index contributed by atoms with van der Waals surface area (Å²) in [5, 5.41) is 3.58. The van der Waals surface area contributed by atoms with Gasteiger partial charge in [0.15, 0.2) is 0 Å². The molecule has 1 amide bonds. The number of nitrogens with one attached hydrogen (secondary N) is 1. The Morgan fingerprint density at radius 2 is 1.01 bits per heavy atom. The summed E-state index contributed by atoms with van der Waals surface area (Å²) in [4.78, 5) is 61.2. The van der Waals surface area contributed by atoms with Gasteiger partial charge >= 0.3 is 30.3 Å². The predicted molar refractivity (Wildman–Crippen MR) is 279 cm³/mol. The molecule has 4 aromatic rings. The summed E-state index contributed by atoms with van der Waals surface area (Å²) in [6, 6.07) is 21.8. The topological polar surface area (TPSA) is 188 Å². The maximum Gasteiger partial charge on any atom is 0.511 e. The van der Waals surface area contributed by atoms with Crippen LogP contribution in [-0.2, 0) is 55.6 Å². The third kappa shape index (κ3) is 22.0. The molecule has 0 aromatic heterocycles. The summed E-state index contributed by atoms with van der Waals surface area (Å²) >= 11 is 12.0. The normalized spacial score (nSPS) is 15.5. The molecule has 2 saturated carbocycles. The van der Waals surface area contributed by atoms with E-state index in [1.807, 2.05) is 12.1 Å². The number of benzene rings is 4. The minimum atomic E-state index is -1.17. The van der Waals surface area contributed by atoms with Crippen LogP contribution in [0.15, 0.2) is 84.9 Å². The Kier molecular flexibility index (Phi) is 24.7. The Labute approximate surface area is 447 Å². The Morgan fingerprint density at radius 1 is 0.608 bits per heavy atom. The lowest BCUT2D eigenvalue weighted by Gasteiger charge is -2.24. The molecule has 0 spiro atoms. The minimum Gasteiger partial charge on any atom is -0.444 e. The molecule has 74 heavy (non-hydrogen) atoms. The number of halogens is 5. The summed E-state index contributed by atoms with van der Waals surface area (Å²) in [7, 11) is 0. The number of nitrogens with two attached hydrogens (primary N) is 1. The molecule has 2 fully saturated rings. The van der Waals surface area contributed by atoms with E-state index in [2.05, 4.69) is 5.32 Å². The number of alkyl carbamates (subject to hydrolysis) is 1. The molecular formula is C55H67Cl3F2N2O12. The highest BCUT2D eigenvalue weighted by atomic mass is 35.5. The first kappa shape index (κ1) is 60.9. The first-order chi connectivity index (χ1) is 34.7. The van der Waals surface area contributed by atoms with Crippen molar-refractivity contribution in [2.45, 2.75) is 167 Å². The quantitative estimate of drug-likeness (QED) is 0.0578. The van der Waals surface area contributed by atoms with Crippen LogP contribution in [0.4, 0.5) is 23.2 Å². The Hall–Kier alpha value is -5.68. The van der Waals surface area contributed by atoms with Gasteiger partial charge in [0, 0.05) is 47.1 Å². The summed E-state index contributed by atoms with van der Waals surface area (Å²) in [6.45, 7) is 8.07. The van der Waals surface area contributed by atoms with Gasteiger partial charge in [-0.25, -0.2) is 23.2 Å². The molecule has 0 heterocycles. The lowest BCUT2D eigenvalue weighted by molar-refractivity contribution is -0.171. The van der Waals surface area contributed by atoms with Crippen LogP contribution < -0.4 is 11.1 Å². The van der Waals surface area contributed by atoms with E-state index in [9.17, 15) is 32.8 Å². The van der Waals surface area contributed by atoms with Gasteiger partial charge in [0.05, 0.1) is 12.8 Å². The molecule has 0 saturated heterocycles. The SMILES string of the molecule is CC(OC(=O)C[C@@H](Cc1ccc(-c2cc(Cl)ccc2F)cc1)NC(=O)OC(C)(C)C)OC(=O)OC1CCCCC1.CC(OC(=O)C[C@H](N)Cc1ccc(-c2cc(Cl)ccc2F)cc1)OC(=O)OC1CCCCC1.Cl. The lowest BCUT2D eigenvalue weighted by Crippen LogP contribution is -2.42. The van der Waals surface area contributed by atoms with Crippen molar-refractivity contribution in [1.29, 1.82) is 0 Å². The minimum absolute atomic E-state index is 0. The van der Waals surface area contributed by atoms with Crippen LogP contribution in [-0.4, -0.2) is 72.8 Å². The molecule has 2 aliphatic carbocycles. The molecule has 4 aromatic carbocycles. The van der Waals surface area contributed by atoms with E-state index in [1.165, 1.54) is 38.1 Å². The second-order valence-electron chi connectivity index (χ2n) is 19.2. The first-order valence-electron chi connectivity index (χ1n) is 24.6. The second kappa shape index (κ2) is 30.0. The van der Waals surface area contributed by atoms with E-state index < -0.39 is 66.4 Å². The van der Waals surface area contributed by atoms with Crippen molar-refractivity contribution in [1.82, 2.24) is 5.32 Å². The summed E-state index contributed by atoms with van der Waals surface area (Å²) in [5.41, 5.74) is 9.12. The number of hydrogen-bond acceptors (Lipinski definition) is 13. The zero-order chi connectivity index (χ0) is 53.1. The van der Waals surface area contributed by atoms with Crippen molar-refractivity contribution in [2.24, 2.45) is 5.73 Å². The molecule has 14 nitrogen and oxygen atoms in total. The molecule has 4 atom stereocenters. The second-order valence-corrected chi connectivity index (χ2v) is 20.0. The molecule has 2 aliphatic rings. The molecule has 19 heteroatoms. The zero-order valence-electron chi connectivity index (χ0n) is 42.3. The Balaban J connectivity index is 0.000000322. The van der Waals surface area contributed by atoms with Crippen LogP contribution in [0, 0.1) is 11.6 Å². The number of ether oxygens (including phenoxy) is 7. The highest BCUT2D eigenvalue weighted by molar-refractivity contribution is 6.31. The fraction of sp³-hybridized carbons (Fsp3) is 0.473. The average Bonchev–Trinajstić information content (AvgIpc) is 3.31. The standard InChI is InChI=1S/C30H37ClFNO7.C25H29ClFNO5.ClH/c1-19(38-29(36)39-24-8-6-5-7-9-24)37-27(34)18-23(33-28(35)40-30(2,3)4)16-20-10-12-21(13-11-20)25-17-22(31)14-15-26(25)32;1-16(32-25(30)33-21-5-3-2-4-6-21)31-24(29)15-20(28)13-17-7-9-18(10-8-17)22-14-19(26)11-12-23(22)27;/h10-15,17,19,23-24H,5-9,16,18H2,1-4H3,(H,33,35);7-12,14,16,20-21H,2-6,13,15,28H2,1H3;1H/t19?,23-;16?,20-;/m11./s1. The molecule has 2 unspecified atom stereocenters. The summed E-state index contributed by atoms with van der Waals surface area (Å²) in [6.07, 6.45) is 5.00. The van der Waals surface area contributed by atoms with Gasteiger partial charge in [-0.3, -0.25) is 9.59 Å². The third-order valence-corrected chi connectivity index (χ3v) is 12.1. The van der Waals surface area contributed by atoms with E-state index in [-0.39, 0.29) is 49.7 Å². The van der Waals surface area contributed by atoms with Gasteiger partial charge in [-0.1, -0.05) is 84.6 Å². The number of rotatable bonds is 17. The van der Waals surface area contributed by atoms with E-state index in [4.69, 9.17) is 62.1 Å². The van der Waals surface area contributed by atoms with Crippen molar-refractivity contribution < 1.29 is 65.9 Å². The molecule has 0 bridgehead atoms. The van der Waals surface area contributed by atoms with Gasteiger partial charge in [0.2, 0.25) is 12.6 Å². The lowest BCUT2D eigenvalue weighted by atomic mass is 9.98. The smallest absolute Gasteiger partial charge is 0.444 e. The summed E-state index contributed by atoms with van der Waals surface area (Å²) < 4.78 is 64.7. The van der Waals surface area contributed by atoms with Gasteiger partial charge < -0.3 is 44.2 Å². The van der Waals surface area contributed by atoms with Crippen molar-refractivity contribution in [3.8, 4) is 22.3 Å². The van der Waals surface area contributed by atoms with Crippen LogP contribution in [0.5, 0.6) is 0 Å². The largest absolute Gasteiger partial charge is 0.511 e. The van der Waals surface area contributed by atoms with Crippen LogP contribution in [0.2, 0.25) is 10.0 Å². The predicted octanol–water partition coefficient (Wildman–Crippen LogP) is 13.5. The molecule has 3 N–H and O–H groups in total. The number of amides is 1. The molecule has 0 aliphatic heterocycles. The first-order valence-corrected chi connectivity index (χ1v) is 25.4. The monoisotopic (exact) mass is 1090 g/mol. The van der Waals surface area contributed by atoms with E-state index in [1.54, 1.807) is 69.3 Å². The maximum absolute atomic E-state index is 14.3. The van der Waals surface area contributed by atoms with Gasteiger partial charge in [0.1, 0.15) is 29.4 Å². The van der Waals surface area contributed by atoms with Gasteiger partial charge in [-0.2, -0.15) is 0 Å². The third-order valence-electron chi connectivity index (χ3n) is 11.7. The maximum atomic E-state index is 14.3. The van der Waals surface area contributed by atoms with Crippen molar-refractivity contribution in [3.05, 3.63) is 118 Å². The average molecular weight is 1090 g/mol. The molecule has 404 valence electrons. The van der Waals surface area contributed by atoms with Crippen molar-refractivity contribution in [3.63, 3.8) is 0 Å². The van der Waals surface area contributed by atoms with Gasteiger partial charge in [0.25, 0.3) is 0 Å². The van der Waals surface area contributed by atoms with E-state index in [0.29, 0.717) is 38.7 Å². The zero-order valence-corrected chi connectivity index (χ0v) is 44.7. The van der Waals surface area contributed by atoms with Gasteiger partial charge in [-0.15, -0.1) is 12.4 Å². The van der Waals surface area contributed by atoms with Crippen molar-refractivity contribution in [2.75, 3.05) is 0 Å². The summed E-state index contributed by atoms with van der Waals surface area (Å²) in [5.74, 6) is -2.01. The fourth-order valence-electron chi connectivity index (χ4n) is 8.28.